The minimum atomic E-state index is 0.183. The number of pyridine rings is 1. The van der Waals surface area contributed by atoms with Gasteiger partial charge in [-0.05, 0) is 18.6 Å². The van der Waals surface area contributed by atoms with Crippen molar-refractivity contribution in [2.24, 2.45) is 0 Å². The highest BCUT2D eigenvalue weighted by atomic mass is 15.1. The Hall–Kier alpha value is -2.93. The van der Waals surface area contributed by atoms with Gasteiger partial charge < -0.3 is 4.57 Å². The molecule has 0 saturated carbocycles. The highest BCUT2D eigenvalue weighted by Gasteiger charge is 2.13. The van der Waals surface area contributed by atoms with Gasteiger partial charge in [-0.2, -0.15) is 5.26 Å². The summed E-state index contributed by atoms with van der Waals surface area (Å²) < 4.78 is 2.06. The van der Waals surface area contributed by atoms with Gasteiger partial charge in [-0.3, -0.25) is 4.98 Å². The van der Waals surface area contributed by atoms with Crippen molar-refractivity contribution in [2.75, 3.05) is 0 Å². The molecule has 0 N–H and O–H groups in total. The zero-order chi connectivity index (χ0) is 15.4. The molecule has 0 spiro atoms. The first-order chi connectivity index (χ1) is 10.8. The summed E-state index contributed by atoms with van der Waals surface area (Å²) in [5.74, 6) is 0. The SMILES string of the molecule is CCC(c1ccc(-c2ccccc2C#N)cn1)n1ccnc1. The van der Waals surface area contributed by atoms with Gasteiger partial charge in [-0.15, -0.1) is 0 Å². The van der Waals surface area contributed by atoms with Gasteiger partial charge in [0.15, 0.2) is 0 Å². The molecular formula is C18H16N4. The van der Waals surface area contributed by atoms with Crippen LogP contribution < -0.4 is 0 Å². The molecule has 22 heavy (non-hydrogen) atoms. The fourth-order valence-corrected chi connectivity index (χ4v) is 2.62. The maximum atomic E-state index is 9.20. The molecule has 0 aliphatic carbocycles. The Balaban J connectivity index is 1.95. The van der Waals surface area contributed by atoms with Crippen LogP contribution in [0, 0.1) is 11.3 Å². The van der Waals surface area contributed by atoms with Crippen LogP contribution in [0.3, 0.4) is 0 Å². The van der Waals surface area contributed by atoms with Crippen molar-refractivity contribution in [1.82, 2.24) is 14.5 Å². The zero-order valence-corrected chi connectivity index (χ0v) is 12.3. The van der Waals surface area contributed by atoms with Crippen molar-refractivity contribution in [2.45, 2.75) is 19.4 Å². The molecule has 0 fully saturated rings. The van der Waals surface area contributed by atoms with Crippen molar-refractivity contribution >= 4 is 0 Å². The molecule has 0 radical (unpaired) electrons. The first-order valence-electron chi connectivity index (χ1n) is 7.26. The van der Waals surface area contributed by atoms with Crippen LogP contribution in [-0.4, -0.2) is 14.5 Å². The molecule has 0 aliphatic heterocycles. The third-order valence-corrected chi connectivity index (χ3v) is 3.76. The summed E-state index contributed by atoms with van der Waals surface area (Å²) in [7, 11) is 0. The van der Waals surface area contributed by atoms with Crippen LogP contribution in [0.2, 0.25) is 0 Å². The van der Waals surface area contributed by atoms with E-state index in [1.54, 1.807) is 6.20 Å². The van der Waals surface area contributed by atoms with Gasteiger partial charge in [-0.25, -0.2) is 4.98 Å². The van der Waals surface area contributed by atoms with Crippen LogP contribution in [0.5, 0.6) is 0 Å². The average molecular weight is 288 g/mol. The van der Waals surface area contributed by atoms with Crippen LogP contribution in [0.25, 0.3) is 11.1 Å². The number of nitrogens with zero attached hydrogens (tertiary/aromatic N) is 4. The fraction of sp³-hybridized carbons (Fsp3) is 0.167. The quantitative estimate of drug-likeness (QED) is 0.733. The summed E-state index contributed by atoms with van der Waals surface area (Å²) in [5, 5.41) is 9.20. The van der Waals surface area contributed by atoms with Gasteiger partial charge >= 0.3 is 0 Å². The largest absolute Gasteiger partial charge is 0.328 e. The highest BCUT2D eigenvalue weighted by molar-refractivity contribution is 5.69. The van der Waals surface area contributed by atoms with Gasteiger partial charge in [0.25, 0.3) is 0 Å². The summed E-state index contributed by atoms with van der Waals surface area (Å²) in [5.41, 5.74) is 3.54. The number of aromatic nitrogens is 3. The number of imidazole rings is 1. The summed E-state index contributed by atoms with van der Waals surface area (Å²) in [6.07, 6.45) is 8.33. The average Bonchev–Trinajstić information content (AvgIpc) is 3.10. The van der Waals surface area contributed by atoms with E-state index in [4.69, 9.17) is 0 Å². The Morgan fingerprint density at radius 1 is 1.23 bits per heavy atom. The van der Waals surface area contributed by atoms with Crippen LogP contribution in [-0.2, 0) is 0 Å². The maximum absolute atomic E-state index is 9.20. The minimum absolute atomic E-state index is 0.183. The minimum Gasteiger partial charge on any atom is -0.328 e. The lowest BCUT2D eigenvalue weighted by Gasteiger charge is -2.16. The maximum Gasteiger partial charge on any atom is 0.0998 e. The Labute approximate surface area is 129 Å². The summed E-state index contributed by atoms with van der Waals surface area (Å²) >= 11 is 0. The number of rotatable bonds is 4. The third-order valence-electron chi connectivity index (χ3n) is 3.76. The second kappa shape index (κ2) is 6.23. The van der Waals surface area contributed by atoms with Crippen molar-refractivity contribution in [3.8, 4) is 17.2 Å². The molecule has 4 nitrogen and oxygen atoms in total. The second-order valence-electron chi connectivity index (χ2n) is 5.06. The number of nitriles is 1. The van der Waals surface area contributed by atoms with Gasteiger partial charge in [0.2, 0.25) is 0 Å². The van der Waals surface area contributed by atoms with E-state index in [0.29, 0.717) is 5.56 Å². The third kappa shape index (κ3) is 2.61. The van der Waals surface area contributed by atoms with Gasteiger partial charge in [0.05, 0.1) is 29.7 Å². The first-order valence-corrected chi connectivity index (χ1v) is 7.26. The van der Waals surface area contributed by atoms with Gasteiger partial charge in [-0.1, -0.05) is 31.2 Å². The van der Waals surface area contributed by atoms with Crippen molar-refractivity contribution in [3.05, 3.63) is 72.6 Å². The number of benzene rings is 1. The van der Waals surface area contributed by atoms with E-state index in [0.717, 1.165) is 23.2 Å². The standard InChI is InChI=1S/C18H16N4/c1-2-18(22-10-9-20-13-22)17-8-7-15(12-21-17)16-6-4-3-5-14(16)11-19/h3-10,12-13,18H,2H2,1H3. The van der Waals surface area contributed by atoms with Crippen LogP contribution >= 0.6 is 0 Å². The molecule has 0 bridgehead atoms. The van der Waals surface area contributed by atoms with Crippen molar-refractivity contribution in [3.63, 3.8) is 0 Å². The topological polar surface area (TPSA) is 54.5 Å². The van der Waals surface area contributed by atoms with Crippen molar-refractivity contribution in [1.29, 1.82) is 5.26 Å². The molecule has 3 aromatic rings. The van der Waals surface area contributed by atoms with Gasteiger partial charge in [0, 0.05) is 29.7 Å². The molecule has 3 rings (SSSR count). The Kier molecular flexibility index (Phi) is 3.97. The monoisotopic (exact) mass is 288 g/mol. The molecule has 1 unspecified atom stereocenters. The number of hydrogen-bond donors (Lipinski definition) is 0. The molecule has 4 heteroatoms. The smallest absolute Gasteiger partial charge is 0.0998 e. The molecule has 1 atom stereocenters. The predicted molar refractivity (Wildman–Crippen MR) is 85.0 cm³/mol. The lowest BCUT2D eigenvalue weighted by atomic mass is 10.0. The van der Waals surface area contributed by atoms with Crippen LogP contribution in [0.1, 0.15) is 30.6 Å². The van der Waals surface area contributed by atoms with Crippen LogP contribution in [0.15, 0.2) is 61.3 Å². The highest BCUT2D eigenvalue weighted by Crippen LogP contribution is 2.25. The molecule has 0 amide bonds. The summed E-state index contributed by atoms with van der Waals surface area (Å²) in [6.45, 7) is 2.13. The summed E-state index contributed by atoms with van der Waals surface area (Å²) in [6, 6.07) is 14.0. The Morgan fingerprint density at radius 3 is 2.73 bits per heavy atom. The lowest BCUT2D eigenvalue weighted by Crippen LogP contribution is -2.09. The van der Waals surface area contributed by atoms with Gasteiger partial charge in [0.1, 0.15) is 0 Å². The molecule has 2 heterocycles. The Bertz CT molecular complexity index is 783. The van der Waals surface area contributed by atoms with E-state index in [-0.39, 0.29) is 6.04 Å². The van der Waals surface area contributed by atoms with Crippen LogP contribution in [0.4, 0.5) is 0 Å². The van der Waals surface area contributed by atoms with Crippen molar-refractivity contribution < 1.29 is 0 Å². The molecular weight excluding hydrogens is 272 g/mol. The van der Waals surface area contributed by atoms with E-state index < -0.39 is 0 Å². The molecule has 0 aliphatic rings. The molecule has 0 saturated heterocycles. The predicted octanol–water partition coefficient (Wildman–Crippen LogP) is 3.82. The summed E-state index contributed by atoms with van der Waals surface area (Å²) in [4.78, 5) is 8.70. The second-order valence-corrected chi connectivity index (χ2v) is 5.06. The molecule has 2 aromatic heterocycles. The normalized spacial score (nSPS) is 11.8. The van der Waals surface area contributed by atoms with E-state index in [9.17, 15) is 5.26 Å². The van der Waals surface area contributed by atoms with E-state index in [1.165, 1.54) is 0 Å². The number of hydrogen-bond acceptors (Lipinski definition) is 3. The van der Waals surface area contributed by atoms with E-state index in [1.807, 2.05) is 55.1 Å². The molecule has 108 valence electrons. The Morgan fingerprint density at radius 2 is 2.09 bits per heavy atom. The zero-order valence-electron chi connectivity index (χ0n) is 12.3. The lowest BCUT2D eigenvalue weighted by molar-refractivity contribution is 0.551. The first kappa shape index (κ1) is 14.0. The van der Waals surface area contributed by atoms with E-state index in [2.05, 4.69) is 27.5 Å². The molecule has 1 aromatic carbocycles. The fourth-order valence-electron chi connectivity index (χ4n) is 2.62. The van der Waals surface area contributed by atoms with E-state index >= 15 is 0 Å².